The van der Waals surface area contributed by atoms with E-state index >= 15 is 0 Å². The third kappa shape index (κ3) is 1.88. The quantitative estimate of drug-likeness (QED) is 0.824. The molecule has 0 saturated carbocycles. The number of nitrogens with zero attached hydrogens (tertiary/aromatic N) is 1. The van der Waals surface area contributed by atoms with Crippen LogP contribution in [0.1, 0.15) is 44.9 Å². The zero-order valence-corrected chi connectivity index (χ0v) is 10.1. The lowest BCUT2D eigenvalue weighted by Crippen LogP contribution is -2.33. The van der Waals surface area contributed by atoms with Crippen molar-refractivity contribution in [2.45, 2.75) is 13.8 Å². The molecule has 1 aliphatic heterocycles. The highest BCUT2D eigenvalue weighted by Crippen LogP contribution is 2.24. The molecule has 1 heterocycles. The molecule has 0 bridgehead atoms. The second-order valence-electron chi connectivity index (χ2n) is 4.68. The Balaban J connectivity index is 2.42. The van der Waals surface area contributed by atoms with E-state index < -0.39 is 11.9 Å². The molecule has 1 N–H and O–H groups in total. The molecule has 0 fully saturated rings. The van der Waals surface area contributed by atoms with Crippen molar-refractivity contribution in [3.63, 3.8) is 0 Å². The molecular formula is C13H13NO4. The SMILES string of the molecule is CC(C)CN1C(=O)c2ccc(C(=O)O)cc2C1=O. The summed E-state index contributed by atoms with van der Waals surface area (Å²) in [5, 5.41) is 8.87. The Labute approximate surface area is 104 Å². The lowest BCUT2D eigenvalue weighted by Gasteiger charge is -2.15. The van der Waals surface area contributed by atoms with Gasteiger partial charge in [-0.1, -0.05) is 13.8 Å². The summed E-state index contributed by atoms with van der Waals surface area (Å²) in [6.07, 6.45) is 0. The summed E-state index contributed by atoms with van der Waals surface area (Å²) in [6.45, 7) is 4.16. The van der Waals surface area contributed by atoms with Gasteiger partial charge in [-0.2, -0.15) is 0 Å². The molecule has 0 aliphatic carbocycles. The number of benzene rings is 1. The zero-order valence-electron chi connectivity index (χ0n) is 10.1. The number of rotatable bonds is 3. The number of amides is 2. The number of fused-ring (bicyclic) bond motifs is 1. The number of aromatic carboxylic acids is 1. The minimum atomic E-state index is -1.11. The number of imide groups is 1. The maximum atomic E-state index is 12.0. The van der Waals surface area contributed by atoms with E-state index in [0.29, 0.717) is 6.54 Å². The molecule has 0 unspecified atom stereocenters. The van der Waals surface area contributed by atoms with Crippen LogP contribution in [0.25, 0.3) is 0 Å². The van der Waals surface area contributed by atoms with E-state index in [-0.39, 0.29) is 28.5 Å². The first-order chi connectivity index (χ1) is 8.41. The van der Waals surface area contributed by atoms with Crippen molar-refractivity contribution in [3.05, 3.63) is 34.9 Å². The zero-order chi connectivity index (χ0) is 13.4. The smallest absolute Gasteiger partial charge is 0.335 e. The van der Waals surface area contributed by atoms with Gasteiger partial charge < -0.3 is 5.11 Å². The van der Waals surface area contributed by atoms with Gasteiger partial charge in [-0.3, -0.25) is 14.5 Å². The molecule has 2 amide bonds. The van der Waals surface area contributed by atoms with Gasteiger partial charge >= 0.3 is 5.97 Å². The van der Waals surface area contributed by atoms with Crippen LogP contribution in [0, 0.1) is 5.92 Å². The molecule has 0 radical (unpaired) electrons. The maximum absolute atomic E-state index is 12.0. The molecule has 5 heteroatoms. The van der Waals surface area contributed by atoms with Crippen molar-refractivity contribution >= 4 is 17.8 Å². The van der Waals surface area contributed by atoms with Crippen LogP contribution in [0.2, 0.25) is 0 Å². The van der Waals surface area contributed by atoms with E-state index in [1.54, 1.807) is 0 Å². The highest BCUT2D eigenvalue weighted by atomic mass is 16.4. The van der Waals surface area contributed by atoms with E-state index in [1.807, 2.05) is 13.8 Å². The van der Waals surface area contributed by atoms with Gasteiger partial charge in [-0.25, -0.2) is 4.79 Å². The van der Waals surface area contributed by atoms with E-state index in [2.05, 4.69) is 0 Å². The number of carboxylic acid groups (broad SMARTS) is 1. The lowest BCUT2D eigenvalue weighted by molar-refractivity contribution is 0.0635. The van der Waals surface area contributed by atoms with E-state index in [4.69, 9.17) is 5.11 Å². The van der Waals surface area contributed by atoms with Crippen LogP contribution >= 0.6 is 0 Å². The fourth-order valence-corrected chi connectivity index (χ4v) is 1.95. The summed E-state index contributed by atoms with van der Waals surface area (Å²) < 4.78 is 0. The minimum absolute atomic E-state index is 0.0151. The van der Waals surface area contributed by atoms with Crippen molar-refractivity contribution in [3.8, 4) is 0 Å². The van der Waals surface area contributed by atoms with Crippen LogP contribution in [-0.4, -0.2) is 34.3 Å². The number of hydrogen-bond acceptors (Lipinski definition) is 3. The van der Waals surface area contributed by atoms with Gasteiger partial charge in [-0.05, 0) is 24.1 Å². The largest absolute Gasteiger partial charge is 0.478 e. The van der Waals surface area contributed by atoms with Crippen molar-refractivity contribution in [2.75, 3.05) is 6.54 Å². The average Bonchev–Trinajstić information content (AvgIpc) is 2.53. The molecule has 0 spiro atoms. The molecule has 18 heavy (non-hydrogen) atoms. The summed E-state index contributed by atoms with van der Waals surface area (Å²) in [5.41, 5.74) is 0.479. The molecule has 1 aliphatic rings. The molecule has 2 rings (SSSR count). The predicted octanol–water partition coefficient (Wildman–Crippen LogP) is 1.64. The Kier molecular flexibility index (Phi) is 2.90. The van der Waals surface area contributed by atoms with Gasteiger partial charge in [0.25, 0.3) is 11.8 Å². The van der Waals surface area contributed by atoms with Crippen molar-refractivity contribution in [1.29, 1.82) is 0 Å². The van der Waals surface area contributed by atoms with E-state index in [0.717, 1.165) is 0 Å². The molecule has 0 aromatic heterocycles. The topological polar surface area (TPSA) is 74.7 Å². The van der Waals surface area contributed by atoms with Crippen LogP contribution in [0.4, 0.5) is 0 Å². The standard InChI is InChI=1S/C13H13NO4/c1-7(2)6-14-11(15)9-4-3-8(13(17)18)5-10(9)12(14)16/h3-5,7H,6H2,1-2H3,(H,17,18). The number of hydrogen-bond donors (Lipinski definition) is 1. The molecule has 94 valence electrons. The number of carbonyl (C=O) groups is 3. The number of carboxylic acids is 1. The Morgan fingerprint density at radius 3 is 2.39 bits per heavy atom. The third-order valence-electron chi connectivity index (χ3n) is 2.77. The van der Waals surface area contributed by atoms with Crippen LogP contribution in [0.15, 0.2) is 18.2 Å². The van der Waals surface area contributed by atoms with Gasteiger partial charge in [0.1, 0.15) is 0 Å². The second-order valence-corrected chi connectivity index (χ2v) is 4.68. The summed E-state index contributed by atoms with van der Waals surface area (Å²) in [6, 6.07) is 4.00. The van der Waals surface area contributed by atoms with Crippen LogP contribution in [0.3, 0.4) is 0 Å². The van der Waals surface area contributed by atoms with Crippen molar-refractivity contribution in [1.82, 2.24) is 4.90 Å². The first-order valence-corrected chi connectivity index (χ1v) is 5.65. The second kappa shape index (κ2) is 4.25. The summed E-state index contributed by atoms with van der Waals surface area (Å²) in [4.78, 5) is 36.0. The molecule has 1 aromatic rings. The van der Waals surface area contributed by atoms with Gasteiger partial charge in [0, 0.05) is 6.54 Å². The maximum Gasteiger partial charge on any atom is 0.335 e. The fourth-order valence-electron chi connectivity index (χ4n) is 1.95. The van der Waals surface area contributed by atoms with Crippen molar-refractivity contribution < 1.29 is 19.5 Å². The molecule has 5 nitrogen and oxygen atoms in total. The Morgan fingerprint density at radius 1 is 1.22 bits per heavy atom. The monoisotopic (exact) mass is 247 g/mol. The van der Waals surface area contributed by atoms with Crippen LogP contribution < -0.4 is 0 Å². The van der Waals surface area contributed by atoms with Gasteiger partial charge in [0.05, 0.1) is 16.7 Å². The summed E-state index contributed by atoms with van der Waals surface area (Å²) in [7, 11) is 0. The highest BCUT2D eigenvalue weighted by molar-refractivity contribution is 6.21. The van der Waals surface area contributed by atoms with E-state index in [9.17, 15) is 14.4 Å². The van der Waals surface area contributed by atoms with Crippen molar-refractivity contribution in [2.24, 2.45) is 5.92 Å². The Hall–Kier alpha value is -2.17. The average molecular weight is 247 g/mol. The Morgan fingerprint density at radius 2 is 1.83 bits per heavy atom. The lowest BCUT2D eigenvalue weighted by atomic mass is 10.1. The van der Waals surface area contributed by atoms with Gasteiger partial charge in [0.15, 0.2) is 0 Å². The first kappa shape index (κ1) is 12.3. The molecular weight excluding hydrogens is 234 g/mol. The van der Waals surface area contributed by atoms with E-state index in [1.165, 1.54) is 23.1 Å². The van der Waals surface area contributed by atoms with Gasteiger partial charge in [0.2, 0.25) is 0 Å². The molecule has 0 atom stereocenters. The molecule has 1 aromatic carbocycles. The molecule has 0 saturated heterocycles. The van der Waals surface area contributed by atoms with Gasteiger partial charge in [-0.15, -0.1) is 0 Å². The first-order valence-electron chi connectivity index (χ1n) is 5.65. The minimum Gasteiger partial charge on any atom is -0.478 e. The normalized spacial score (nSPS) is 14.3. The predicted molar refractivity (Wildman–Crippen MR) is 63.6 cm³/mol. The van der Waals surface area contributed by atoms with Crippen LogP contribution in [-0.2, 0) is 0 Å². The number of carbonyl (C=O) groups excluding carboxylic acids is 2. The van der Waals surface area contributed by atoms with Crippen LogP contribution in [0.5, 0.6) is 0 Å². The third-order valence-corrected chi connectivity index (χ3v) is 2.77. The summed E-state index contributed by atoms with van der Waals surface area (Å²) in [5.74, 6) is -1.70. The highest BCUT2D eigenvalue weighted by Gasteiger charge is 2.36. The Bertz CT molecular complexity index is 548. The summed E-state index contributed by atoms with van der Waals surface area (Å²) >= 11 is 0. The fraction of sp³-hybridized carbons (Fsp3) is 0.308.